The average molecular weight is 326 g/mol. The molecule has 1 amide bonds. The maximum absolute atomic E-state index is 11.9. The Balaban J connectivity index is 1.57. The summed E-state index contributed by atoms with van der Waals surface area (Å²) in [5.74, 6) is 0.257. The molecule has 4 nitrogen and oxygen atoms in total. The van der Waals surface area contributed by atoms with Gasteiger partial charge in [-0.15, -0.1) is 0 Å². The van der Waals surface area contributed by atoms with Gasteiger partial charge in [0.05, 0.1) is 6.10 Å². The van der Waals surface area contributed by atoms with Crippen molar-refractivity contribution in [3.05, 3.63) is 48.0 Å². The quantitative estimate of drug-likeness (QED) is 0.919. The van der Waals surface area contributed by atoms with Crippen molar-refractivity contribution < 1.29 is 9.90 Å². The Labute approximate surface area is 143 Å². The van der Waals surface area contributed by atoms with Crippen molar-refractivity contribution in [2.75, 3.05) is 32.7 Å². The first kappa shape index (κ1) is 16.9. The first-order chi connectivity index (χ1) is 11.7. The molecule has 0 bridgehead atoms. The second-order valence-corrected chi connectivity index (χ2v) is 6.55. The number of rotatable bonds is 5. The second kappa shape index (κ2) is 7.77. The second-order valence-electron chi connectivity index (χ2n) is 6.55. The number of carbonyl (C=O) groups is 1. The molecule has 1 atom stereocenters. The van der Waals surface area contributed by atoms with Crippen LogP contribution in [0.15, 0.2) is 42.5 Å². The summed E-state index contributed by atoms with van der Waals surface area (Å²) in [7, 11) is 0. The van der Waals surface area contributed by atoms with Gasteiger partial charge in [-0.2, -0.15) is 0 Å². The largest absolute Gasteiger partial charge is 0.387 e. The zero-order valence-corrected chi connectivity index (χ0v) is 14.3. The Morgan fingerprint density at radius 1 is 1.08 bits per heavy atom. The zero-order chi connectivity index (χ0) is 16.9. The molecule has 0 aromatic heterocycles. The predicted molar refractivity (Wildman–Crippen MR) is 96.8 cm³/mol. The van der Waals surface area contributed by atoms with Gasteiger partial charge >= 0.3 is 0 Å². The van der Waals surface area contributed by atoms with Gasteiger partial charge in [0.15, 0.2) is 0 Å². The van der Waals surface area contributed by atoms with E-state index in [2.05, 4.69) is 29.2 Å². The van der Waals surface area contributed by atoms with Crippen LogP contribution in [0.1, 0.15) is 31.4 Å². The van der Waals surface area contributed by atoms with Crippen LogP contribution < -0.4 is 0 Å². The summed E-state index contributed by atoms with van der Waals surface area (Å²) in [5.41, 5.74) is 0.957. The van der Waals surface area contributed by atoms with E-state index in [0.717, 1.165) is 43.5 Å². The number of β-amino-alcohol motifs (C(OH)–C–C–N with tert-alkyl or cyclic N) is 1. The minimum atomic E-state index is -0.493. The van der Waals surface area contributed by atoms with Crippen LogP contribution in [0.3, 0.4) is 0 Å². The number of benzene rings is 2. The zero-order valence-electron chi connectivity index (χ0n) is 14.3. The lowest BCUT2D eigenvalue weighted by atomic mass is 10.0. The lowest BCUT2D eigenvalue weighted by Gasteiger charge is -2.35. The van der Waals surface area contributed by atoms with Gasteiger partial charge in [-0.3, -0.25) is 9.69 Å². The Bertz CT molecular complexity index is 693. The van der Waals surface area contributed by atoms with Crippen molar-refractivity contribution in [1.82, 2.24) is 9.80 Å². The maximum atomic E-state index is 11.9. The molecule has 128 valence electrons. The van der Waals surface area contributed by atoms with Crippen molar-refractivity contribution in [3.63, 3.8) is 0 Å². The fraction of sp³-hybridized carbons (Fsp3) is 0.450. The predicted octanol–water partition coefficient (Wildman–Crippen LogP) is 2.82. The summed E-state index contributed by atoms with van der Waals surface area (Å²) in [6.07, 6.45) is 1.05. The van der Waals surface area contributed by atoms with Crippen LogP contribution in [0.25, 0.3) is 10.8 Å². The molecule has 2 aromatic rings. The molecular formula is C20H26N2O2. The van der Waals surface area contributed by atoms with Gasteiger partial charge in [0, 0.05) is 39.1 Å². The van der Waals surface area contributed by atoms with Gasteiger partial charge in [-0.05, 0) is 28.8 Å². The van der Waals surface area contributed by atoms with Gasteiger partial charge in [-0.25, -0.2) is 0 Å². The fourth-order valence-corrected chi connectivity index (χ4v) is 3.32. The first-order valence-electron chi connectivity index (χ1n) is 8.84. The first-order valence-corrected chi connectivity index (χ1v) is 8.84. The van der Waals surface area contributed by atoms with Crippen molar-refractivity contribution in [3.8, 4) is 0 Å². The maximum Gasteiger partial charge on any atom is 0.222 e. The van der Waals surface area contributed by atoms with Crippen LogP contribution in [0, 0.1) is 0 Å². The van der Waals surface area contributed by atoms with Crippen LogP contribution in [-0.4, -0.2) is 53.5 Å². The molecule has 1 saturated heterocycles. The van der Waals surface area contributed by atoms with E-state index in [9.17, 15) is 9.90 Å². The van der Waals surface area contributed by atoms with Crippen LogP contribution in [0.5, 0.6) is 0 Å². The Morgan fingerprint density at radius 3 is 2.50 bits per heavy atom. The highest BCUT2D eigenvalue weighted by atomic mass is 16.3. The van der Waals surface area contributed by atoms with Crippen LogP contribution in [0.4, 0.5) is 0 Å². The highest BCUT2D eigenvalue weighted by Gasteiger charge is 2.22. The normalized spacial score (nSPS) is 17.2. The van der Waals surface area contributed by atoms with E-state index in [1.54, 1.807) is 0 Å². The molecular weight excluding hydrogens is 300 g/mol. The van der Waals surface area contributed by atoms with E-state index < -0.39 is 6.10 Å². The monoisotopic (exact) mass is 326 g/mol. The number of aliphatic hydroxyl groups is 1. The molecule has 1 aliphatic heterocycles. The minimum Gasteiger partial charge on any atom is -0.387 e. The number of piperazine rings is 1. The minimum absolute atomic E-state index is 0.257. The van der Waals surface area contributed by atoms with Gasteiger partial charge in [0.25, 0.3) is 0 Å². The standard InChI is InChI=1S/C20H26N2O2/c1-2-5-20(24)22-12-10-21(11-13-22)15-19(23)18-9-8-16-6-3-4-7-17(16)14-18/h3-4,6-9,14,19,23H,2,5,10-13,15H2,1H3/t19-/m0/s1. The van der Waals surface area contributed by atoms with E-state index in [4.69, 9.17) is 0 Å². The molecule has 4 heteroatoms. The third kappa shape index (κ3) is 3.94. The number of hydrogen-bond acceptors (Lipinski definition) is 3. The van der Waals surface area contributed by atoms with Crippen molar-refractivity contribution in [2.45, 2.75) is 25.9 Å². The number of fused-ring (bicyclic) bond motifs is 1. The van der Waals surface area contributed by atoms with E-state index >= 15 is 0 Å². The van der Waals surface area contributed by atoms with Crippen LogP contribution >= 0.6 is 0 Å². The number of carbonyl (C=O) groups excluding carboxylic acids is 1. The van der Waals surface area contributed by atoms with Crippen molar-refractivity contribution in [1.29, 1.82) is 0 Å². The summed E-state index contributed by atoms with van der Waals surface area (Å²) < 4.78 is 0. The molecule has 24 heavy (non-hydrogen) atoms. The fourth-order valence-electron chi connectivity index (χ4n) is 3.32. The number of aliphatic hydroxyl groups excluding tert-OH is 1. The van der Waals surface area contributed by atoms with Crippen LogP contribution in [0.2, 0.25) is 0 Å². The smallest absolute Gasteiger partial charge is 0.222 e. The third-order valence-corrected chi connectivity index (χ3v) is 4.78. The van der Waals surface area contributed by atoms with Gasteiger partial charge in [-0.1, -0.05) is 43.3 Å². The summed E-state index contributed by atoms with van der Waals surface area (Å²) in [6.45, 7) is 5.86. The molecule has 1 N–H and O–H groups in total. The number of hydrogen-bond donors (Lipinski definition) is 1. The molecule has 0 saturated carbocycles. The summed E-state index contributed by atoms with van der Waals surface area (Å²) in [4.78, 5) is 16.1. The summed E-state index contributed by atoms with van der Waals surface area (Å²) >= 11 is 0. The highest BCUT2D eigenvalue weighted by molar-refractivity contribution is 5.83. The van der Waals surface area contributed by atoms with E-state index in [0.29, 0.717) is 13.0 Å². The van der Waals surface area contributed by atoms with Gasteiger partial charge < -0.3 is 10.0 Å². The molecule has 1 aliphatic rings. The third-order valence-electron chi connectivity index (χ3n) is 4.78. The average Bonchev–Trinajstić information content (AvgIpc) is 2.62. The molecule has 3 rings (SSSR count). The van der Waals surface area contributed by atoms with E-state index in [1.807, 2.05) is 30.0 Å². The SMILES string of the molecule is CCCC(=O)N1CCN(C[C@H](O)c2ccc3ccccc3c2)CC1. The highest BCUT2D eigenvalue weighted by Crippen LogP contribution is 2.21. The molecule has 0 aliphatic carbocycles. The molecule has 1 fully saturated rings. The van der Waals surface area contributed by atoms with E-state index in [1.165, 1.54) is 5.39 Å². The topological polar surface area (TPSA) is 43.8 Å². The Morgan fingerprint density at radius 2 is 1.79 bits per heavy atom. The number of amides is 1. The van der Waals surface area contributed by atoms with E-state index in [-0.39, 0.29) is 5.91 Å². The molecule has 0 spiro atoms. The van der Waals surface area contributed by atoms with Crippen molar-refractivity contribution >= 4 is 16.7 Å². The lowest BCUT2D eigenvalue weighted by Crippen LogP contribution is -2.49. The van der Waals surface area contributed by atoms with Gasteiger partial charge in [0.1, 0.15) is 0 Å². The molecule has 1 heterocycles. The lowest BCUT2D eigenvalue weighted by molar-refractivity contribution is -0.133. The Hall–Kier alpha value is -1.91. The molecule has 0 unspecified atom stereocenters. The number of nitrogens with zero attached hydrogens (tertiary/aromatic N) is 2. The molecule has 2 aromatic carbocycles. The van der Waals surface area contributed by atoms with Gasteiger partial charge in [0.2, 0.25) is 5.91 Å². The molecule has 0 radical (unpaired) electrons. The van der Waals surface area contributed by atoms with Crippen molar-refractivity contribution in [2.24, 2.45) is 0 Å². The summed E-state index contributed by atoms with van der Waals surface area (Å²) in [6, 6.07) is 14.3. The summed E-state index contributed by atoms with van der Waals surface area (Å²) in [5, 5.41) is 12.9. The van der Waals surface area contributed by atoms with Crippen LogP contribution in [-0.2, 0) is 4.79 Å². The Kier molecular flexibility index (Phi) is 5.48.